The van der Waals surface area contributed by atoms with Crippen LogP contribution in [0.5, 0.6) is 5.75 Å². The molecule has 2 saturated heterocycles. The van der Waals surface area contributed by atoms with Crippen LogP contribution >= 0.6 is 0 Å². The Labute approximate surface area is 229 Å². The molecule has 41 heavy (non-hydrogen) atoms. The molecule has 2 aliphatic heterocycles. The highest BCUT2D eigenvalue weighted by Gasteiger charge is 2.52. The van der Waals surface area contributed by atoms with Crippen molar-refractivity contribution in [1.29, 1.82) is 0 Å². The van der Waals surface area contributed by atoms with Crippen molar-refractivity contribution in [3.8, 4) is 5.75 Å². The lowest BCUT2D eigenvalue weighted by atomic mass is 9.94. The lowest BCUT2D eigenvalue weighted by molar-refractivity contribution is -0.336. The first-order valence-corrected chi connectivity index (χ1v) is 12.1. The van der Waals surface area contributed by atoms with E-state index in [2.05, 4.69) is 10.1 Å². The van der Waals surface area contributed by atoms with E-state index in [0.29, 0.717) is 0 Å². The zero-order valence-corrected chi connectivity index (χ0v) is 21.8. The minimum absolute atomic E-state index is 0.605. The molecular formula is C23H30F4N2O12. The topological polar surface area (TPSA) is 206 Å². The maximum absolute atomic E-state index is 14.5. The van der Waals surface area contributed by atoms with Crippen LogP contribution in [0.4, 0.5) is 17.6 Å². The lowest BCUT2D eigenvalue weighted by Gasteiger charge is -2.47. The van der Waals surface area contributed by atoms with E-state index in [1.54, 1.807) is 0 Å². The van der Waals surface area contributed by atoms with E-state index < -0.39 is 121 Å². The van der Waals surface area contributed by atoms with Crippen LogP contribution in [0.25, 0.3) is 0 Å². The number of amides is 2. The van der Waals surface area contributed by atoms with Crippen molar-refractivity contribution >= 4 is 11.8 Å². The molecule has 232 valence electrons. The van der Waals surface area contributed by atoms with Gasteiger partial charge in [-0.25, -0.2) is 8.78 Å². The third-order valence-corrected chi connectivity index (χ3v) is 6.58. The zero-order valence-electron chi connectivity index (χ0n) is 21.8. The number of nitrogens with one attached hydrogen (secondary N) is 2. The van der Waals surface area contributed by atoms with Crippen molar-refractivity contribution in [2.75, 3.05) is 27.4 Å². The van der Waals surface area contributed by atoms with Crippen LogP contribution in [0.1, 0.15) is 17.3 Å². The number of rotatable bonds is 9. The summed E-state index contributed by atoms with van der Waals surface area (Å²) in [6, 6.07) is -3.20. The van der Waals surface area contributed by atoms with Gasteiger partial charge in [0.05, 0.1) is 26.4 Å². The van der Waals surface area contributed by atoms with Crippen LogP contribution in [0.2, 0.25) is 0 Å². The Balaban J connectivity index is 1.90. The largest absolute Gasteiger partial charge is 0.491 e. The molecule has 2 aliphatic rings. The predicted molar refractivity (Wildman–Crippen MR) is 123 cm³/mol. The summed E-state index contributed by atoms with van der Waals surface area (Å²) in [4.78, 5) is 24.4. The number of carbonyl (C=O) groups is 2. The number of ether oxygens (including phenoxy) is 5. The van der Waals surface area contributed by atoms with Crippen molar-refractivity contribution in [3.63, 3.8) is 0 Å². The van der Waals surface area contributed by atoms with Gasteiger partial charge in [-0.1, -0.05) is 0 Å². The smallest absolute Gasteiger partial charge is 0.257 e. The Morgan fingerprint density at radius 3 is 1.85 bits per heavy atom. The average Bonchev–Trinajstić information content (AvgIpc) is 2.93. The molecule has 2 heterocycles. The highest BCUT2D eigenvalue weighted by atomic mass is 19.2. The van der Waals surface area contributed by atoms with Gasteiger partial charge in [-0.3, -0.25) is 9.59 Å². The number of halogens is 4. The fraction of sp³-hybridized carbons (Fsp3) is 0.652. The molecule has 18 heteroatoms. The first kappa shape index (κ1) is 32.8. The van der Waals surface area contributed by atoms with E-state index in [1.165, 1.54) is 7.11 Å². The number of hydrogen-bond donors (Lipinski definition) is 7. The quantitative estimate of drug-likeness (QED) is 0.115. The predicted octanol–water partition coefficient (Wildman–Crippen LogP) is -2.60. The highest BCUT2D eigenvalue weighted by Crippen LogP contribution is 2.32. The second kappa shape index (κ2) is 13.5. The van der Waals surface area contributed by atoms with Crippen LogP contribution in [-0.2, 0) is 23.7 Å². The van der Waals surface area contributed by atoms with E-state index in [-0.39, 0.29) is 0 Å². The van der Waals surface area contributed by atoms with Gasteiger partial charge in [-0.15, -0.1) is 0 Å². The normalized spacial score (nSPS) is 33.8. The van der Waals surface area contributed by atoms with E-state index in [1.807, 2.05) is 5.32 Å². The van der Waals surface area contributed by atoms with Crippen LogP contribution in [0.15, 0.2) is 0 Å². The Kier molecular flexibility index (Phi) is 10.8. The molecule has 2 fully saturated rings. The van der Waals surface area contributed by atoms with Gasteiger partial charge in [0, 0.05) is 14.0 Å². The first-order chi connectivity index (χ1) is 19.3. The minimum Gasteiger partial charge on any atom is -0.491 e. The SMILES string of the molecule is COc1c(F)c(F)c(C(=O)NC2C(O)C(CO)OC(OC3C(CO)OC(OC)C(NC(C)=O)C3O)C2O)c(F)c1F. The van der Waals surface area contributed by atoms with Crippen LogP contribution < -0.4 is 15.4 Å². The Morgan fingerprint density at radius 2 is 1.37 bits per heavy atom. The van der Waals surface area contributed by atoms with Gasteiger partial charge >= 0.3 is 0 Å². The summed E-state index contributed by atoms with van der Waals surface area (Å²) in [6.45, 7) is -0.604. The van der Waals surface area contributed by atoms with Crippen molar-refractivity contribution in [2.24, 2.45) is 0 Å². The molecule has 10 atom stereocenters. The molecule has 0 aliphatic carbocycles. The second-order valence-corrected chi connectivity index (χ2v) is 9.15. The summed E-state index contributed by atoms with van der Waals surface area (Å²) in [7, 11) is 1.93. The maximum Gasteiger partial charge on any atom is 0.257 e. The molecule has 1 aromatic rings. The van der Waals surface area contributed by atoms with Crippen molar-refractivity contribution < 1.29 is 76.4 Å². The van der Waals surface area contributed by atoms with Gasteiger partial charge in [0.15, 0.2) is 30.0 Å². The molecule has 0 saturated carbocycles. The van der Waals surface area contributed by atoms with Crippen molar-refractivity contribution in [3.05, 3.63) is 28.8 Å². The summed E-state index contributed by atoms with van der Waals surface area (Å²) >= 11 is 0. The minimum atomic E-state index is -2.13. The molecule has 0 radical (unpaired) electrons. The molecule has 0 spiro atoms. The molecule has 10 unspecified atom stereocenters. The van der Waals surface area contributed by atoms with Gasteiger partial charge in [0.25, 0.3) is 5.91 Å². The van der Waals surface area contributed by atoms with E-state index >= 15 is 0 Å². The molecule has 2 amide bonds. The molecule has 14 nitrogen and oxygen atoms in total. The Morgan fingerprint density at radius 1 is 0.805 bits per heavy atom. The molecule has 0 bridgehead atoms. The van der Waals surface area contributed by atoms with Crippen molar-refractivity contribution in [1.82, 2.24) is 10.6 Å². The van der Waals surface area contributed by atoms with Gasteiger partial charge in [-0.05, 0) is 0 Å². The Hall–Kier alpha value is -2.68. The van der Waals surface area contributed by atoms with Gasteiger partial charge in [0.1, 0.15) is 48.2 Å². The fourth-order valence-electron chi connectivity index (χ4n) is 4.56. The summed E-state index contributed by atoms with van der Waals surface area (Å²) in [5.41, 5.74) is -1.75. The van der Waals surface area contributed by atoms with Gasteiger partial charge < -0.3 is 59.9 Å². The highest BCUT2D eigenvalue weighted by molar-refractivity contribution is 5.95. The second-order valence-electron chi connectivity index (χ2n) is 9.15. The summed E-state index contributed by atoms with van der Waals surface area (Å²) in [5.74, 6) is -12.2. The zero-order chi connectivity index (χ0) is 30.8. The molecule has 0 aromatic heterocycles. The molecule has 1 aromatic carbocycles. The molecule has 7 N–H and O–H groups in total. The number of methoxy groups -OCH3 is 2. The summed E-state index contributed by atoms with van der Waals surface area (Å²) in [6.07, 6.45) is -13.5. The number of aliphatic hydroxyl groups is 5. The first-order valence-electron chi connectivity index (χ1n) is 12.1. The van der Waals surface area contributed by atoms with Crippen LogP contribution in [0.3, 0.4) is 0 Å². The molecular weight excluding hydrogens is 572 g/mol. The Bertz CT molecular complexity index is 1090. The number of benzene rings is 1. The average molecular weight is 602 g/mol. The fourth-order valence-corrected chi connectivity index (χ4v) is 4.56. The summed E-state index contributed by atoms with van der Waals surface area (Å²) in [5, 5.41) is 56.0. The number of aliphatic hydroxyl groups excluding tert-OH is 5. The van der Waals surface area contributed by atoms with E-state index in [0.717, 1.165) is 14.0 Å². The van der Waals surface area contributed by atoms with Crippen LogP contribution in [0, 0.1) is 23.3 Å². The molecule has 3 rings (SSSR count). The van der Waals surface area contributed by atoms with E-state index in [9.17, 15) is 52.7 Å². The monoisotopic (exact) mass is 602 g/mol. The third kappa shape index (κ3) is 6.40. The standard InChI is InChI=1S/C23H30F4N2O12/c1-6(32)28-15-17(34)19(8(5-31)40-22(15)38-3)41-23-18(35)14(16(33)7(4-30)39-23)29-21(36)9-10(24)12(26)20(37-2)13(27)11(9)25/h7-8,14-19,22-23,30-31,33-35H,4-5H2,1-3H3,(H,28,32)(H,29,36). The van der Waals surface area contributed by atoms with Crippen LogP contribution in [-0.4, -0.2) is 126 Å². The third-order valence-electron chi connectivity index (χ3n) is 6.58. The number of carbonyl (C=O) groups excluding carboxylic acids is 2. The van der Waals surface area contributed by atoms with Gasteiger partial charge in [0.2, 0.25) is 17.5 Å². The maximum atomic E-state index is 14.5. The van der Waals surface area contributed by atoms with Gasteiger partial charge in [-0.2, -0.15) is 8.78 Å². The van der Waals surface area contributed by atoms with Crippen molar-refractivity contribution in [2.45, 2.75) is 68.2 Å². The lowest BCUT2D eigenvalue weighted by Crippen LogP contribution is -2.69. The van der Waals surface area contributed by atoms with E-state index in [4.69, 9.17) is 18.9 Å². The summed E-state index contributed by atoms with van der Waals surface area (Å²) < 4.78 is 83.1. The number of hydrogen-bond acceptors (Lipinski definition) is 12.